The van der Waals surface area contributed by atoms with Gasteiger partial charge in [-0.25, -0.2) is 9.78 Å². The quantitative estimate of drug-likeness (QED) is 0.386. The van der Waals surface area contributed by atoms with Crippen LogP contribution >= 0.6 is 0 Å². The number of phenolic OH excluding ortho intramolecular Hbond substituents is 1. The number of carboxylic acids is 1. The van der Waals surface area contributed by atoms with Gasteiger partial charge in [-0.05, 0) is 42.7 Å². The third-order valence-corrected chi connectivity index (χ3v) is 5.53. The van der Waals surface area contributed by atoms with E-state index in [1.54, 1.807) is 47.5 Å². The molecule has 10 heteroatoms. The zero-order valence-electron chi connectivity index (χ0n) is 18.9. The molecule has 4 N–H and O–H groups in total. The fraction of sp³-hybridized carbons (Fsp3) is 0.417. The average molecular weight is 471 g/mol. The number of likely N-dealkylation sites (tertiary alicyclic amines) is 1. The molecule has 3 rings (SSSR count). The van der Waals surface area contributed by atoms with Crippen molar-refractivity contribution in [2.24, 2.45) is 0 Å². The third kappa shape index (κ3) is 8.04. The van der Waals surface area contributed by atoms with E-state index in [-0.39, 0.29) is 43.1 Å². The second-order valence-corrected chi connectivity index (χ2v) is 8.11. The molecule has 1 atom stereocenters. The number of hydrogen-bond acceptors (Lipinski definition) is 7. The van der Waals surface area contributed by atoms with Crippen LogP contribution in [0.2, 0.25) is 0 Å². The van der Waals surface area contributed by atoms with Gasteiger partial charge in [0.05, 0.1) is 6.10 Å². The molecule has 0 spiro atoms. The fourth-order valence-corrected chi connectivity index (χ4v) is 3.76. The van der Waals surface area contributed by atoms with Crippen LogP contribution in [0.25, 0.3) is 0 Å². The Morgan fingerprint density at radius 2 is 1.85 bits per heavy atom. The number of aliphatic carboxylic acids is 1. The predicted molar refractivity (Wildman–Crippen MR) is 124 cm³/mol. The first-order chi connectivity index (χ1) is 16.4. The SMILES string of the molecule is O=C(O)COC1CCN(C(=O)[C@H](Cc2ccc(O)cc2)NC(=O)CCNc2ccccn2)CC1. The number of hydrogen-bond donors (Lipinski definition) is 4. The molecule has 2 heterocycles. The minimum atomic E-state index is -1.02. The van der Waals surface area contributed by atoms with Crippen LogP contribution in [-0.2, 0) is 25.5 Å². The molecule has 2 aromatic rings. The number of ether oxygens (including phenoxy) is 1. The third-order valence-electron chi connectivity index (χ3n) is 5.53. The highest BCUT2D eigenvalue weighted by atomic mass is 16.5. The first-order valence-electron chi connectivity index (χ1n) is 11.2. The van der Waals surface area contributed by atoms with E-state index in [2.05, 4.69) is 15.6 Å². The Bertz CT molecular complexity index is 946. The second-order valence-electron chi connectivity index (χ2n) is 8.11. The van der Waals surface area contributed by atoms with E-state index >= 15 is 0 Å². The lowest BCUT2D eigenvalue weighted by Gasteiger charge is -2.34. The van der Waals surface area contributed by atoms with Crippen LogP contribution in [0, 0.1) is 0 Å². The van der Waals surface area contributed by atoms with Gasteiger partial charge >= 0.3 is 5.97 Å². The van der Waals surface area contributed by atoms with Crippen molar-refractivity contribution in [1.29, 1.82) is 0 Å². The molecule has 1 saturated heterocycles. The van der Waals surface area contributed by atoms with E-state index in [0.717, 1.165) is 5.56 Å². The number of nitrogens with zero attached hydrogens (tertiary/aromatic N) is 2. The molecule has 10 nitrogen and oxygen atoms in total. The highest BCUT2D eigenvalue weighted by Gasteiger charge is 2.30. The van der Waals surface area contributed by atoms with Gasteiger partial charge in [-0.3, -0.25) is 9.59 Å². The molecule has 1 aliphatic rings. The normalized spacial score (nSPS) is 14.9. The van der Waals surface area contributed by atoms with Crippen molar-refractivity contribution < 1.29 is 29.3 Å². The Morgan fingerprint density at radius 1 is 1.12 bits per heavy atom. The number of amides is 2. The van der Waals surface area contributed by atoms with Crippen LogP contribution in [0.5, 0.6) is 5.75 Å². The van der Waals surface area contributed by atoms with Crippen LogP contribution in [0.4, 0.5) is 5.82 Å². The summed E-state index contributed by atoms with van der Waals surface area (Å²) in [7, 11) is 0. The number of aromatic nitrogens is 1. The Kier molecular flexibility index (Phi) is 9.21. The van der Waals surface area contributed by atoms with Gasteiger partial charge in [0.15, 0.2) is 0 Å². The van der Waals surface area contributed by atoms with Crippen LogP contribution in [0.3, 0.4) is 0 Å². The summed E-state index contributed by atoms with van der Waals surface area (Å²) in [6, 6.07) is 11.2. The van der Waals surface area contributed by atoms with Gasteiger partial charge in [-0.1, -0.05) is 18.2 Å². The van der Waals surface area contributed by atoms with Crippen LogP contribution in [-0.4, -0.2) is 76.3 Å². The standard InChI is InChI=1S/C24H30N4O6/c29-18-6-4-17(5-7-18)15-20(27-22(30)8-12-26-21-3-1-2-11-25-21)24(33)28-13-9-19(10-14-28)34-16-23(31)32/h1-7,11,19-20,29H,8-10,12-16H2,(H,25,26)(H,27,30)(H,31,32)/t20-/m0/s1. The van der Waals surface area contributed by atoms with Gasteiger partial charge in [0.25, 0.3) is 0 Å². The smallest absolute Gasteiger partial charge is 0.329 e. The number of carboxylic acid groups (broad SMARTS) is 1. The molecule has 1 aliphatic heterocycles. The second kappa shape index (κ2) is 12.5. The van der Waals surface area contributed by atoms with E-state index in [9.17, 15) is 19.5 Å². The lowest BCUT2D eigenvalue weighted by atomic mass is 10.0. The van der Waals surface area contributed by atoms with E-state index in [4.69, 9.17) is 9.84 Å². The summed E-state index contributed by atoms with van der Waals surface area (Å²) in [6.45, 7) is 0.860. The van der Waals surface area contributed by atoms with E-state index in [1.165, 1.54) is 0 Å². The lowest BCUT2D eigenvalue weighted by molar-refractivity contribution is -0.147. The van der Waals surface area contributed by atoms with Crippen molar-refractivity contribution in [3.05, 3.63) is 54.2 Å². The van der Waals surface area contributed by atoms with Gasteiger partial charge in [-0.15, -0.1) is 0 Å². The van der Waals surface area contributed by atoms with Gasteiger partial charge in [0.1, 0.15) is 24.2 Å². The molecule has 2 amide bonds. The summed E-state index contributed by atoms with van der Waals surface area (Å²) in [5, 5.41) is 24.2. The first-order valence-corrected chi connectivity index (χ1v) is 11.2. The van der Waals surface area contributed by atoms with Crippen molar-refractivity contribution in [3.8, 4) is 5.75 Å². The number of carbonyl (C=O) groups is 3. The highest BCUT2D eigenvalue weighted by Crippen LogP contribution is 2.17. The number of phenols is 1. The average Bonchev–Trinajstić information content (AvgIpc) is 2.84. The zero-order chi connectivity index (χ0) is 24.3. The van der Waals surface area contributed by atoms with Crippen LogP contribution in [0.15, 0.2) is 48.7 Å². The summed E-state index contributed by atoms with van der Waals surface area (Å²) in [5.74, 6) is -0.691. The monoisotopic (exact) mass is 470 g/mol. The zero-order valence-corrected chi connectivity index (χ0v) is 18.9. The van der Waals surface area contributed by atoms with E-state index < -0.39 is 12.0 Å². The topological polar surface area (TPSA) is 141 Å². The molecular formula is C24H30N4O6. The Balaban J connectivity index is 1.57. The molecule has 1 aromatic carbocycles. The summed E-state index contributed by atoms with van der Waals surface area (Å²) in [6.07, 6.45) is 2.97. The minimum absolute atomic E-state index is 0.125. The molecule has 0 unspecified atom stereocenters. The molecule has 182 valence electrons. The Morgan fingerprint density at radius 3 is 2.50 bits per heavy atom. The van der Waals surface area contributed by atoms with Gasteiger partial charge < -0.3 is 30.5 Å². The van der Waals surface area contributed by atoms with Crippen LogP contribution < -0.4 is 10.6 Å². The van der Waals surface area contributed by atoms with E-state index in [0.29, 0.717) is 38.3 Å². The summed E-state index contributed by atoms with van der Waals surface area (Å²) in [4.78, 5) is 42.4. The molecule has 0 radical (unpaired) electrons. The number of pyridine rings is 1. The minimum Gasteiger partial charge on any atom is -0.508 e. The van der Waals surface area contributed by atoms with Crippen molar-refractivity contribution in [3.63, 3.8) is 0 Å². The van der Waals surface area contributed by atoms with Crippen molar-refractivity contribution >= 4 is 23.6 Å². The molecule has 0 aliphatic carbocycles. The molecule has 1 fully saturated rings. The van der Waals surface area contributed by atoms with Crippen LogP contribution in [0.1, 0.15) is 24.8 Å². The van der Waals surface area contributed by atoms with Crippen molar-refractivity contribution in [1.82, 2.24) is 15.2 Å². The Labute approximate surface area is 197 Å². The van der Waals surface area contributed by atoms with Crippen molar-refractivity contribution in [2.75, 3.05) is 31.6 Å². The lowest BCUT2D eigenvalue weighted by Crippen LogP contribution is -2.52. The summed E-state index contributed by atoms with van der Waals surface area (Å²) >= 11 is 0. The molecule has 1 aromatic heterocycles. The number of carbonyl (C=O) groups excluding carboxylic acids is 2. The van der Waals surface area contributed by atoms with Gasteiger partial charge in [-0.2, -0.15) is 0 Å². The summed E-state index contributed by atoms with van der Waals surface area (Å²) in [5.41, 5.74) is 0.808. The van der Waals surface area contributed by atoms with Gasteiger partial charge in [0, 0.05) is 38.7 Å². The maximum atomic E-state index is 13.3. The number of nitrogens with one attached hydrogen (secondary N) is 2. The number of benzene rings is 1. The largest absolute Gasteiger partial charge is 0.508 e. The first kappa shape index (κ1) is 25.0. The molecule has 34 heavy (non-hydrogen) atoms. The fourth-order valence-electron chi connectivity index (χ4n) is 3.76. The maximum absolute atomic E-state index is 13.3. The highest BCUT2D eigenvalue weighted by molar-refractivity contribution is 5.88. The number of anilines is 1. The number of aromatic hydroxyl groups is 1. The number of rotatable bonds is 11. The maximum Gasteiger partial charge on any atom is 0.329 e. The Hall–Kier alpha value is -3.66. The van der Waals surface area contributed by atoms with E-state index in [1.807, 2.05) is 6.07 Å². The molecule has 0 saturated carbocycles. The van der Waals surface area contributed by atoms with Crippen molar-refractivity contribution in [2.45, 2.75) is 37.8 Å². The molecular weight excluding hydrogens is 440 g/mol. The van der Waals surface area contributed by atoms with Gasteiger partial charge in [0.2, 0.25) is 11.8 Å². The molecule has 0 bridgehead atoms. The number of piperidine rings is 1. The summed E-state index contributed by atoms with van der Waals surface area (Å²) < 4.78 is 5.34. The predicted octanol–water partition coefficient (Wildman–Crippen LogP) is 1.41.